The van der Waals surface area contributed by atoms with E-state index in [-0.39, 0.29) is 0 Å². The van der Waals surface area contributed by atoms with E-state index in [1.165, 1.54) is 0 Å². The minimum Gasteiger partial charge on any atom is -0.394 e. The van der Waals surface area contributed by atoms with E-state index in [2.05, 4.69) is 5.32 Å². The van der Waals surface area contributed by atoms with E-state index in [4.69, 9.17) is 52.1 Å². The van der Waals surface area contributed by atoms with Crippen LogP contribution in [0.2, 0.25) is 0 Å². The molecule has 1 amide bonds. The number of carbonyl (C=O) groups excluding carboxylic acids is 1. The van der Waals surface area contributed by atoms with E-state index in [0.717, 1.165) is 6.92 Å². The Hall–Kier alpha value is -1.77. The van der Waals surface area contributed by atoms with Crippen molar-refractivity contribution in [3.63, 3.8) is 0 Å². The molecule has 0 aromatic carbocycles. The van der Waals surface area contributed by atoms with Gasteiger partial charge in [-0.1, -0.05) is 0 Å². The molecule has 0 aromatic rings. The van der Waals surface area contributed by atoms with Crippen LogP contribution in [-0.4, -0.2) is 338 Å². The third-order valence-electron chi connectivity index (χ3n) is 13.2. The Morgan fingerprint density at radius 3 is 1.29 bits per heavy atom. The van der Waals surface area contributed by atoms with Gasteiger partial charge in [-0.25, -0.2) is 0 Å². The van der Waals surface area contributed by atoms with Crippen molar-refractivity contribution in [3.8, 4) is 0 Å². The summed E-state index contributed by atoms with van der Waals surface area (Å²) in [6.45, 7) is -4.94. The molecule has 33 heteroatoms. The fourth-order valence-corrected chi connectivity index (χ4v) is 9.11. The van der Waals surface area contributed by atoms with Gasteiger partial charge in [0.1, 0.15) is 153 Å². The number of aliphatic hydroxyl groups excluding tert-OH is 20. The third-order valence-corrected chi connectivity index (χ3v) is 13.2. The van der Waals surface area contributed by atoms with Crippen LogP contribution in [0, 0.1) is 0 Å². The highest BCUT2D eigenvalue weighted by Crippen LogP contribution is 2.37. The number of hydrogen-bond acceptors (Lipinski definition) is 32. The summed E-state index contributed by atoms with van der Waals surface area (Å²) in [6.07, 6.45) is -58.3. The minimum absolute atomic E-state index is 0.743. The van der Waals surface area contributed by atoms with Crippen LogP contribution in [-0.2, 0) is 56.9 Å². The first-order valence-corrected chi connectivity index (χ1v) is 22.7. The van der Waals surface area contributed by atoms with E-state index in [1.54, 1.807) is 0 Å². The lowest BCUT2D eigenvalue weighted by Gasteiger charge is -2.50. The quantitative estimate of drug-likeness (QED) is 0.0606. The Labute approximate surface area is 406 Å². The first-order valence-electron chi connectivity index (χ1n) is 22.7. The Balaban J connectivity index is 1.13. The normalized spacial score (nSPS) is 50.8. The average molecular weight is 1060 g/mol. The van der Waals surface area contributed by atoms with Crippen molar-refractivity contribution in [1.82, 2.24) is 5.32 Å². The molecule has 6 saturated heterocycles. The highest BCUT2D eigenvalue weighted by atomic mass is 16.8. The van der Waals surface area contributed by atoms with E-state index < -0.39 is 236 Å². The molecule has 6 heterocycles. The van der Waals surface area contributed by atoms with E-state index in [1.807, 2.05) is 0 Å². The van der Waals surface area contributed by atoms with Crippen molar-refractivity contribution in [3.05, 3.63) is 0 Å². The summed E-state index contributed by atoms with van der Waals surface area (Å²) in [6, 6.07) is -1.56. The average Bonchev–Trinajstić information content (AvgIpc) is 3.36. The van der Waals surface area contributed by atoms with Gasteiger partial charge in [0, 0.05) is 6.92 Å². The van der Waals surface area contributed by atoms with Crippen molar-refractivity contribution in [2.75, 3.05) is 39.6 Å². The predicted octanol–water partition coefficient (Wildman–Crippen LogP) is -14.6. The molecule has 420 valence electrons. The molecule has 6 aliphatic heterocycles. The molecule has 6 aliphatic rings. The maximum Gasteiger partial charge on any atom is 0.217 e. The molecule has 0 aliphatic carbocycles. The van der Waals surface area contributed by atoms with Crippen molar-refractivity contribution in [2.45, 2.75) is 197 Å². The first-order chi connectivity index (χ1) is 34.1. The number of hydrogen-bond donors (Lipinski definition) is 21. The van der Waals surface area contributed by atoms with Gasteiger partial charge in [-0.3, -0.25) is 4.79 Å². The highest BCUT2D eigenvalue weighted by Gasteiger charge is 2.58. The van der Waals surface area contributed by atoms with Gasteiger partial charge in [0.05, 0.1) is 39.6 Å². The third kappa shape index (κ3) is 12.3. The van der Waals surface area contributed by atoms with Gasteiger partial charge in [0.15, 0.2) is 37.7 Å². The van der Waals surface area contributed by atoms with Crippen LogP contribution in [0.5, 0.6) is 0 Å². The largest absolute Gasteiger partial charge is 0.394 e. The Kier molecular flexibility index (Phi) is 21.1. The standard InChI is InChI=1S/C39H67NO32/c1-8(47)40-15-19(51)16(48)9(2-41)62-35(15)71-32-18(50)11(4-43)64-39(28(32)60)70-30-13(6-45)66-38(27(59)23(30)55)69-29-12(5-44)65-36(26(58)22(29)54)67-14(7-46)31-33(21(53)24(56)34(61)68-31)72-37-25(57)20(52)17(49)10(3-42)63-37/h9-39,41-46,48-61H,2-7H2,1H3,(H,40,47)/t9-,10-,11-,12-,13-,14+,15-,16+,17-,18+,19-,20+,21-,22-,23-,24+,25-,26-,27-,28-,29-,30+,31-,32+,33+,34+,35+,36+,37+,38+,39-/m1/s1. The van der Waals surface area contributed by atoms with Crippen LogP contribution >= 0.6 is 0 Å². The topological polar surface area (TPSA) is 535 Å². The molecule has 33 nitrogen and oxygen atoms in total. The van der Waals surface area contributed by atoms with Crippen molar-refractivity contribution in [2.24, 2.45) is 0 Å². The van der Waals surface area contributed by atoms with Crippen LogP contribution < -0.4 is 5.32 Å². The second-order valence-corrected chi connectivity index (χ2v) is 18.0. The first kappa shape index (κ1) is 59.5. The molecule has 31 atom stereocenters. The molecule has 0 saturated carbocycles. The number of ether oxygens (including phenoxy) is 11. The van der Waals surface area contributed by atoms with Crippen molar-refractivity contribution < 1.29 is 159 Å². The second kappa shape index (κ2) is 25.6. The van der Waals surface area contributed by atoms with E-state index >= 15 is 0 Å². The maximum absolute atomic E-state index is 12.0. The highest BCUT2D eigenvalue weighted by molar-refractivity contribution is 5.73. The number of amides is 1. The number of rotatable bonds is 18. The smallest absolute Gasteiger partial charge is 0.217 e. The zero-order valence-corrected chi connectivity index (χ0v) is 38.0. The minimum atomic E-state index is -2.23. The van der Waals surface area contributed by atoms with Gasteiger partial charge < -0.3 is 160 Å². The Morgan fingerprint density at radius 1 is 0.403 bits per heavy atom. The SMILES string of the molecule is CC(=O)N[C@H]1[C@H](O[C@H]2[C@@H](O)[C@@H](CO)O[C@H](O[C@@H]3[C@H](O)[C@@H](O)[C@H](O[C@H]4[C@H](O)[C@@H](O)[C@H](O[C@@H](CO)[C@H]5O[C@H](O)[C@@H](O)[C@@H](O)[C@@H]5O[C@@H]5O[C@H](CO)[C@@H](O)[C@H](O)[C@H]5O)O[C@@H]4CO)O[C@@H]3CO)[C@@H]2O)O[C@H](CO)[C@H](O)[C@@H]1O. The Morgan fingerprint density at radius 2 is 0.792 bits per heavy atom. The maximum atomic E-state index is 12.0. The summed E-state index contributed by atoms with van der Waals surface area (Å²) in [5.41, 5.74) is 0. The van der Waals surface area contributed by atoms with Gasteiger partial charge >= 0.3 is 0 Å². The number of carbonyl (C=O) groups is 1. The monoisotopic (exact) mass is 1060 g/mol. The van der Waals surface area contributed by atoms with Crippen molar-refractivity contribution in [1.29, 1.82) is 0 Å². The molecule has 21 N–H and O–H groups in total. The van der Waals surface area contributed by atoms with Gasteiger partial charge in [-0.15, -0.1) is 0 Å². The van der Waals surface area contributed by atoms with E-state index in [0.29, 0.717) is 0 Å². The predicted molar refractivity (Wildman–Crippen MR) is 217 cm³/mol. The number of nitrogens with one attached hydrogen (secondary N) is 1. The molecule has 0 radical (unpaired) electrons. The van der Waals surface area contributed by atoms with Crippen LogP contribution in [0.15, 0.2) is 0 Å². The summed E-state index contributed by atoms with van der Waals surface area (Å²) in [7, 11) is 0. The molecule has 6 rings (SSSR count). The lowest BCUT2D eigenvalue weighted by atomic mass is 9.94. The Bertz CT molecular complexity index is 1680. The fraction of sp³-hybridized carbons (Fsp3) is 0.974. The second-order valence-electron chi connectivity index (χ2n) is 18.0. The van der Waals surface area contributed by atoms with Crippen LogP contribution in [0.1, 0.15) is 6.92 Å². The summed E-state index contributed by atoms with van der Waals surface area (Å²) in [5.74, 6) is -0.743. The van der Waals surface area contributed by atoms with Gasteiger partial charge in [0.2, 0.25) is 5.91 Å². The molecular formula is C39H67NO32. The number of aliphatic hydroxyl groups is 20. The summed E-state index contributed by atoms with van der Waals surface area (Å²) < 4.78 is 61.5. The molecule has 0 aromatic heterocycles. The summed E-state index contributed by atoms with van der Waals surface area (Å²) >= 11 is 0. The molecule has 0 unspecified atom stereocenters. The van der Waals surface area contributed by atoms with Crippen LogP contribution in [0.3, 0.4) is 0 Å². The molecule has 0 spiro atoms. The van der Waals surface area contributed by atoms with Crippen LogP contribution in [0.4, 0.5) is 0 Å². The molecule has 6 fully saturated rings. The molecular weight excluding hydrogens is 994 g/mol. The van der Waals surface area contributed by atoms with Gasteiger partial charge in [0.25, 0.3) is 0 Å². The zero-order chi connectivity index (χ0) is 53.2. The summed E-state index contributed by atoms with van der Waals surface area (Å²) in [4.78, 5) is 12.0. The zero-order valence-electron chi connectivity index (χ0n) is 38.0. The van der Waals surface area contributed by atoms with Gasteiger partial charge in [-0.2, -0.15) is 0 Å². The van der Waals surface area contributed by atoms with Crippen LogP contribution in [0.25, 0.3) is 0 Å². The fourth-order valence-electron chi connectivity index (χ4n) is 9.11. The lowest BCUT2D eigenvalue weighted by Crippen LogP contribution is -2.69. The van der Waals surface area contributed by atoms with Crippen molar-refractivity contribution >= 4 is 5.91 Å². The van der Waals surface area contributed by atoms with E-state index in [9.17, 15) is 107 Å². The lowest BCUT2D eigenvalue weighted by molar-refractivity contribution is -0.392. The molecule has 72 heavy (non-hydrogen) atoms. The van der Waals surface area contributed by atoms with Gasteiger partial charge in [-0.05, 0) is 0 Å². The molecule has 0 bridgehead atoms. The summed E-state index contributed by atoms with van der Waals surface area (Å²) in [5, 5.41) is 214.